The normalized spacial score (nSPS) is 14.4. The van der Waals surface area contributed by atoms with Crippen LogP contribution in [0.3, 0.4) is 0 Å². The van der Waals surface area contributed by atoms with Gasteiger partial charge in [-0.1, -0.05) is 35.3 Å². The Bertz CT molecular complexity index is 507. The molecule has 0 radical (unpaired) electrons. The topological polar surface area (TPSA) is 12.0 Å². The summed E-state index contributed by atoms with van der Waals surface area (Å²) >= 11 is 13.4. The fourth-order valence-corrected chi connectivity index (χ4v) is 2.98. The Morgan fingerprint density at radius 1 is 1.00 bits per heavy atom. The Morgan fingerprint density at radius 3 is 2.17 bits per heavy atom. The van der Waals surface area contributed by atoms with Crippen molar-refractivity contribution in [1.82, 2.24) is 5.32 Å². The number of hydrogen-bond acceptors (Lipinski definition) is 2. The number of rotatable bonds is 4. The molecule has 1 heterocycles. The van der Waals surface area contributed by atoms with E-state index in [0.29, 0.717) is 0 Å². The van der Waals surface area contributed by atoms with Crippen molar-refractivity contribution in [2.75, 3.05) is 0 Å². The highest BCUT2D eigenvalue weighted by atomic mass is 35.5. The molecule has 96 valence electrons. The predicted octanol–water partition coefficient (Wildman–Crippen LogP) is 5.47. The highest BCUT2D eigenvalue weighted by Gasteiger charge is 2.12. The molecule has 0 bridgehead atoms. The number of hydrogen-bond donors (Lipinski definition) is 1. The summed E-state index contributed by atoms with van der Waals surface area (Å²) in [5, 5.41) is 6.41. The van der Waals surface area contributed by atoms with E-state index in [0.717, 1.165) is 9.36 Å². The Labute approximate surface area is 122 Å². The molecular formula is C14H15Cl2NS. The van der Waals surface area contributed by atoms with E-state index < -0.39 is 0 Å². The highest BCUT2D eigenvalue weighted by molar-refractivity contribution is 7.14. The van der Waals surface area contributed by atoms with Gasteiger partial charge in [-0.2, -0.15) is 0 Å². The van der Waals surface area contributed by atoms with Gasteiger partial charge in [0.05, 0.1) is 4.34 Å². The lowest BCUT2D eigenvalue weighted by Gasteiger charge is -2.19. The molecule has 1 N–H and O–H groups in total. The minimum atomic E-state index is 0.274. The molecule has 18 heavy (non-hydrogen) atoms. The molecule has 0 aliphatic rings. The molecule has 2 aromatic rings. The number of nitrogens with one attached hydrogen (secondary N) is 1. The van der Waals surface area contributed by atoms with Gasteiger partial charge in [0.15, 0.2) is 0 Å². The first-order chi connectivity index (χ1) is 8.56. The summed E-state index contributed by atoms with van der Waals surface area (Å²) in [6, 6.07) is 10.5. The summed E-state index contributed by atoms with van der Waals surface area (Å²) in [4.78, 5) is 0. The molecule has 0 amide bonds. The van der Waals surface area contributed by atoms with Crippen molar-refractivity contribution in [3.8, 4) is 0 Å². The van der Waals surface area contributed by atoms with Crippen LogP contribution < -0.4 is 5.32 Å². The molecule has 1 nitrogen and oxygen atoms in total. The molecule has 1 aromatic carbocycles. The molecular weight excluding hydrogens is 285 g/mol. The van der Waals surface area contributed by atoms with Crippen molar-refractivity contribution < 1.29 is 0 Å². The molecule has 0 fully saturated rings. The van der Waals surface area contributed by atoms with Gasteiger partial charge in [0.1, 0.15) is 0 Å². The third-order valence-electron chi connectivity index (χ3n) is 2.96. The first-order valence-electron chi connectivity index (χ1n) is 5.81. The summed E-state index contributed by atoms with van der Waals surface area (Å²) in [6.07, 6.45) is 0. The van der Waals surface area contributed by atoms with E-state index in [9.17, 15) is 0 Å². The maximum atomic E-state index is 5.95. The van der Waals surface area contributed by atoms with Gasteiger partial charge in [-0.3, -0.25) is 0 Å². The smallest absolute Gasteiger partial charge is 0.0931 e. The number of halogens is 2. The van der Waals surface area contributed by atoms with Crippen LogP contribution in [0, 0.1) is 0 Å². The molecule has 0 aliphatic heterocycles. The van der Waals surface area contributed by atoms with Crippen LogP contribution in [-0.4, -0.2) is 0 Å². The van der Waals surface area contributed by atoms with Gasteiger partial charge < -0.3 is 5.32 Å². The quantitative estimate of drug-likeness (QED) is 0.789. The highest BCUT2D eigenvalue weighted by Crippen LogP contribution is 2.26. The van der Waals surface area contributed by atoms with Crippen molar-refractivity contribution >= 4 is 34.5 Å². The zero-order chi connectivity index (χ0) is 13.1. The average Bonchev–Trinajstić information content (AvgIpc) is 2.76. The lowest BCUT2D eigenvalue weighted by atomic mass is 10.1. The zero-order valence-electron chi connectivity index (χ0n) is 10.3. The van der Waals surface area contributed by atoms with E-state index in [1.807, 2.05) is 30.3 Å². The fraction of sp³-hybridized carbons (Fsp3) is 0.286. The van der Waals surface area contributed by atoms with Crippen LogP contribution in [0.2, 0.25) is 9.36 Å². The molecule has 2 rings (SSSR count). The summed E-state index contributed by atoms with van der Waals surface area (Å²) in [7, 11) is 0. The standard InChI is InChI=1S/C14H15Cl2NS/c1-9(11-3-5-13(15)6-4-11)17-10(2)12-7-14(16)18-8-12/h3-10,17H,1-2H3. The molecule has 2 atom stereocenters. The van der Waals surface area contributed by atoms with E-state index in [1.54, 1.807) is 11.3 Å². The summed E-state index contributed by atoms with van der Waals surface area (Å²) in [5.41, 5.74) is 2.46. The third-order valence-corrected chi connectivity index (χ3v) is 4.32. The molecule has 4 heteroatoms. The van der Waals surface area contributed by atoms with Gasteiger partial charge in [0, 0.05) is 17.1 Å². The summed E-state index contributed by atoms with van der Waals surface area (Å²) < 4.78 is 0.831. The van der Waals surface area contributed by atoms with Crippen LogP contribution in [-0.2, 0) is 0 Å². The van der Waals surface area contributed by atoms with Gasteiger partial charge >= 0.3 is 0 Å². The monoisotopic (exact) mass is 299 g/mol. The van der Waals surface area contributed by atoms with Crippen molar-refractivity contribution in [3.05, 3.63) is 56.2 Å². The van der Waals surface area contributed by atoms with Gasteiger partial charge in [0.25, 0.3) is 0 Å². The van der Waals surface area contributed by atoms with Crippen LogP contribution in [0.1, 0.15) is 37.1 Å². The minimum absolute atomic E-state index is 0.274. The number of benzene rings is 1. The van der Waals surface area contributed by atoms with Gasteiger partial charge in [0.2, 0.25) is 0 Å². The maximum Gasteiger partial charge on any atom is 0.0931 e. The van der Waals surface area contributed by atoms with Crippen LogP contribution >= 0.6 is 34.5 Å². The Kier molecular flexibility index (Phi) is 4.68. The third kappa shape index (κ3) is 3.48. The Hall–Kier alpha value is -0.540. The van der Waals surface area contributed by atoms with Crippen molar-refractivity contribution in [3.63, 3.8) is 0 Å². The van der Waals surface area contributed by atoms with E-state index >= 15 is 0 Å². The molecule has 0 saturated heterocycles. The van der Waals surface area contributed by atoms with Crippen LogP contribution in [0.25, 0.3) is 0 Å². The van der Waals surface area contributed by atoms with Crippen LogP contribution in [0.4, 0.5) is 0 Å². The fourth-order valence-electron chi connectivity index (χ4n) is 1.87. The lowest BCUT2D eigenvalue weighted by Crippen LogP contribution is -2.22. The predicted molar refractivity (Wildman–Crippen MR) is 80.7 cm³/mol. The number of thiophene rings is 1. The van der Waals surface area contributed by atoms with E-state index in [1.165, 1.54) is 11.1 Å². The average molecular weight is 300 g/mol. The first-order valence-corrected chi connectivity index (χ1v) is 7.45. The second-order valence-corrected chi connectivity index (χ2v) is 6.32. The second kappa shape index (κ2) is 6.07. The largest absolute Gasteiger partial charge is 0.304 e. The van der Waals surface area contributed by atoms with Gasteiger partial charge in [-0.25, -0.2) is 0 Å². The zero-order valence-corrected chi connectivity index (χ0v) is 12.6. The van der Waals surface area contributed by atoms with Crippen molar-refractivity contribution in [2.24, 2.45) is 0 Å². The molecule has 1 aromatic heterocycles. The SMILES string of the molecule is CC(NC(C)c1csc(Cl)c1)c1ccc(Cl)cc1. The minimum Gasteiger partial charge on any atom is -0.304 e. The maximum absolute atomic E-state index is 5.95. The van der Waals surface area contributed by atoms with Gasteiger partial charge in [-0.05, 0) is 48.6 Å². The molecule has 0 saturated carbocycles. The van der Waals surface area contributed by atoms with E-state index in [2.05, 4.69) is 24.5 Å². The van der Waals surface area contributed by atoms with Gasteiger partial charge in [-0.15, -0.1) is 11.3 Å². The van der Waals surface area contributed by atoms with Crippen LogP contribution in [0.15, 0.2) is 35.7 Å². The summed E-state index contributed by atoms with van der Waals surface area (Å²) in [6.45, 7) is 4.29. The first kappa shape index (κ1) is 13.9. The Morgan fingerprint density at radius 2 is 1.61 bits per heavy atom. The van der Waals surface area contributed by atoms with Crippen LogP contribution in [0.5, 0.6) is 0 Å². The van der Waals surface area contributed by atoms with E-state index in [-0.39, 0.29) is 12.1 Å². The molecule has 0 aliphatic carbocycles. The Balaban J connectivity index is 2.02. The summed E-state index contributed by atoms with van der Waals surface area (Å²) in [5.74, 6) is 0. The second-order valence-electron chi connectivity index (χ2n) is 4.35. The molecule has 0 spiro atoms. The van der Waals surface area contributed by atoms with Crippen molar-refractivity contribution in [1.29, 1.82) is 0 Å². The van der Waals surface area contributed by atoms with E-state index in [4.69, 9.17) is 23.2 Å². The molecule has 2 unspecified atom stereocenters. The van der Waals surface area contributed by atoms with Crippen molar-refractivity contribution in [2.45, 2.75) is 25.9 Å². The lowest BCUT2D eigenvalue weighted by molar-refractivity contribution is 0.495.